The zero-order chi connectivity index (χ0) is 15.1. The van der Waals surface area contributed by atoms with Gasteiger partial charge >= 0.3 is 5.69 Å². The van der Waals surface area contributed by atoms with Gasteiger partial charge < -0.3 is 15.7 Å². The van der Waals surface area contributed by atoms with E-state index in [9.17, 15) is 9.59 Å². The minimum absolute atomic E-state index is 0.236. The van der Waals surface area contributed by atoms with E-state index >= 15 is 0 Å². The van der Waals surface area contributed by atoms with Gasteiger partial charge in [0.05, 0.1) is 11.0 Å². The van der Waals surface area contributed by atoms with Crippen LogP contribution in [0.25, 0.3) is 11.0 Å². The number of nitrogen functional groups attached to an aromatic ring is 1. The standard InChI is InChI=1S/C14H9BrClN3O2/c15-10-5-12-11(18-14(21)19-12)4-9(10)13(20)6-1-7(16)3-8(17)2-6/h1-5H,17H2,(H2,18,19,21). The molecule has 0 aliphatic carbocycles. The third-order valence-corrected chi connectivity index (χ3v) is 3.90. The second-order valence-corrected chi connectivity index (χ2v) is 5.85. The zero-order valence-electron chi connectivity index (χ0n) is 10.5. The molecule has 0 atom stereocenters. The number of H-pyrrole nitrogens is 2. The van der Waals surface area contributed by atoms with Crippen molar-refractivity contribution in [3.05, 3.63) is 61.4 Å². The number of imidazole rings is 1. The maximum absolute atomic E-state index is 12.6. The quantitative estimate of drug-likeness (QED) is 0.481. The molecular weight excluding hydrogens is 358 g/mol. The van der Waals surface area contributed by atoms with Crippen molar-refractivity contribution in [3.8, 4) is 0 Å². The Labute approximate surface area is 132 Å². The second kappa shape index (κ2) is 5.05. The molecule has 0 spiro atoms. The van der Waals surface area contributed by atoms with Crippen molar-refractivity contribution >= 4 is 50.0 Å². The first kappa shape index (κ1) is 13.9. The van der Waals surface area contributed by atoms with Crippen LogP contribution in [0.4, 0.5) is 5.69 Å². The van der Waals surface area contributed by atoms with Crippen LogP contribution in [0.3, 0.4) is 0 Å². The third-order valence-electron chi connectivity index (χ3n) is 3.03. The van der Waals surface area contributed by atoms with Gasteiger partial charge in [-0.05, 0) is 46.3 Å². The molecule has 21 heavy (non-hydrogen) atoms. The highest BCUT2D eigenvalue weighted by Gasteiger charge is 2.15. The molecule has 1 aromatic heterocycles. The van der Waals surface area contributed by atoms with E-state index in [0.717, 1.165) is 0 Å². The Morgan fingerprint density at radius 3 is 2.43 bits per heavy atom. The van der Waals surface area contributed by atoms with Crippen LogP contribution >= 0.6 is 27.5 Å². The van der Waals surface area contributed by atoms with E-state index in [0.29, 0.717) is 37.3 Å². The van der Waals surface area contributed by atoms with Crippen molar-refractivity contribution in [2.75, 3.05) is 5.73 Å². The minimum atomic E-state index is -0.325. The number of fused-ring (bicyclic) bond motifs is 1. The number of aromatic nitrogens is 2. The number of carbonyl (C=O) groups is 1. The van der Waals surface area contributed by atoms with Gasteiger partial charge in [0.2, 0.25) is 0 Å². The predicted octanol–water partition coefficient (Wildman–Crippen LogP) is 3.09. The van der Waals surface area contributed by atoms with Gasteiger partial charge in [-0.15, -0.1) is 0 Å². The summed E-state index contributed by atoms with van der Waals surface area (Å²) in [6, 6.07) is 7.97. The van der Waals surface area contributed by atoms with Crippen molar-refractivity contribution in [2.45, 2.75) is 0 Å². The molecule has 3 aromatic rings. The fourth-order valence-electron chi connectivity index (χ4n) is 2.13. The van der Waals surface area contributed by atoms with E-state index in [2.05, 4.69) is 25.9 Å². The van der Waals surface area contributed by atoms with Crippen molar-refractivity contribution in [1.82, 2.24) is 9.97 Å². The molecule has 0 fully saturated rings. The van der Waals surface area contributed by atoms with Crippen LogP contribution in [-0.2, 0) is 0 Å². The van der Waals surface area contributed by atoms with Crippen molar-refractivity contribution in [2.24, 2.45) is 0 Å². The highest BCUT2D eigenvalue weighted by molar-refractivity contribution is 9.10. The normalized spacial score (nSPS) is 11.0. The van der Waals surface area contributed by atoms with E-state index in [1.165, 1.54) is 0 Å². The molecule has 0 aliphatic heterocycles. The van der Waals surface area contributed by atoms with Gasteiger partial charge in [-0.2, -0.15) is 0 Å². The molecular formula is C14H9BrClN3O2. The number of benzene rings is 2. The molecule has 1 heterocycles. The number of halogens is 2. The van der Waals surface area contributed by atoms with Gasteiger partial charge in [0.25, 0.3) is 0 Å². The Balaban J connectivity index is 2.16. The summed E-state index contributed by atoms with van der Waals surface area (Å²) in [6.45, 7) is 0. The van der Waals surface area contributed by atoms with Crippen LogP contribution in [0.5, 0.6) is 0 Å². The van der Waals surface area contributed by atoms with Crippen LogP contribution in [0.15, 0.2) is 39.6 Å². The summed E-state index contributed by atoms with van der Waals surface area (Å²) in [5.74, 6) is -0.236. The van der Waals surface area contributed by atoms with E-state index in [-0.39, 0.29) is 11.5 Å². The molecule has 0 saturated heterocycles. The number of anilines is 1. The fourth-order valence-corrected chi connectivity index (χ4v) is 2.90. The lowest BCUT2D eigenvalue weighted by Crippen LogP contribution is -2.03. The number of hydrogen-bond acceptors (Lipinski definition) is 3. The first-order valence-corrected chi connectivity index (χ1v) is 7.13. The largest absolute Gasteiger partial charge is 0.399 e. The molecule has 7 heteroatoms. The number of aromatic amines is 2. The molecule has 2 aromatic carbocycles. The van der Waals surface area contributed by atoms with Crippen molar-refractivity contribution < 1.29 is 4.79 Å². The molecule has 0 bridgehead atoms. The number of nitrogens with one attached hydrogen (secondary N) is 2. The second-order valence-electron chi connectivity index (χ2n) is 4.56. The van der Waals surface area contributed by atoms with E-state index in [1.807, 2.05) is 0 Å². The van der Waals surface area contributed by atoms with E-state index in [1.54, 1.807) is 30.3 Å². The van der Waals surface area contributed by atoms with Gasteiger partial charge in [-0.25, -0.2) is 4.79 Å². The number of hydrogen-bond donors (Lipinski definition) is 3. The van der Waals surface area contributed by atoms with Crippen LogP contribution in [0, 0.1) is 0 Å². The lowest BCUT2D eigenvalue weighted by atomic mass is 10.0. The summed E-state index contributed by atoms with van der Waals surface area (Å²) in [6.07, 6.45) is 0. The Hall–Kier alpha value is -2.05. The molecule has 0 aliphatic rings. The van der Waals surface area contributed by atoms with Crippen LogP contribution in [0.2, 0.25) is 5.02 Å². The van der Waals surface area contributed by atoms with Crippen molar-refractivity contribution in [3.63, 3.8) is 0 Å². The molecule has 4 N–H and O–H groups in total. The average Bonchev–Trinajstić information content (AvgIpc) is 2.75. The average molecular weight is 367 g/mol. The number of nitrogens with two attached hydrogens (primary N) is 1. The van der Waals surface area contributed by atoms with Crippen LogP contribution in [0.1, 0.15) is 15.9 Å². The van der Waals surface area contributed by atoms with Gasteiger partial charge in [-0.1, -0.05) is 11.6 Å². The summed E-state index contributed by atoms with van der Waals surface area (Å²) in [4.78, 5) is 29.1. The van der Waals surface area contributed by atoms with Gasteiger partial charge in [0.15, 0.2) is 5.78 Å². The Bertz CT molecular complexity index is 909. The lowest BCUT2D eigenvalue weighted by Gasteiger charge is -2.06. The first-order chi connectivity index (χ1) is 9.94. The monoisotopic (exact) mass is 365 g/mol. The molecule has 3 rings (SSSR count). The maximum atomic E-state index is 12.6. The van der Waals surface area contributed by atoms with Gasteiger partial charge in [0.1, 0.15) is 0 Å². The highest BCUT2D eigenvalue weighted by atomic mass is 79.9. The predicted molar refractivity (Wildman–Crippen MR) is 85.9 cm³/mol. The Kier molecular flexibility index (Phi) is 3.35. The van der Waals surface area contributed by atoms with Crippen LogP contribution in [-0.4, -0.2) is 15.8 Å². The third kappa shape index (κ3) is 2.59. The topological polar surface area (TPSA) is 91.7 Å². The lowest BCUT2D eigenvalue weighted by molar-refractivity contribution is 0.103. The van der Waals surface area contributed by atoms with Crippen LogP contribution < -0.4 is 11.4 Å². The molecule has 0 radical (unpaired) electrons. The van der Waals surface area contributed by atoms with Gasteiger partial charge in [0, 0.05) is 26.3 Å². The maximum Gasteiger partial charge on any atom is 0.323 e. The molecule has 0 unspecified atom stereocenters. The number of carbonyl (C=O) groups excluding carboxylic acids is 1. The smallest absolute Gasteiger partial charge is 0.323 e. The zero-order valence-corrected chi connectivity index (χ0v) is 12.9. The summed E-state index contributed by atoms with van der Waals surface area (Å²) < 4.78 is 0.578. The molecule has 106 valence electrons. The highest BCUT2D eigenvalue weighted by Crippen LogP contribution is 2.26. The first-order valence-electron chi connectivity index (χ1n) is 5.96. The summed E-state index contributed by atoms with van der Waals surface area (Å²) >= 11 is 9.26. The van der Waals surface area contributed by atoms with E-state index in [4.69, 9.17) is 17.3 Å². The Morgan fingerprint density at radius 1 is 1.10 bits per heavy atom. The molecule has 0 amide bonds. The number of rotatable bonds is 2. The fraction of sp³-hybridized carbons (Fsp3) is 0. The molecule has 0 saturated carbocycles. The molecule has 5 nitrogen and oxygen atoms in total. The number of ketones is 1. The van der Waals surface area contributed by atoms with Gasteiger partial charge in [-0.3, -0.25) is 4.79 Å². The minimum Gasteiger partial charge on any atom is -0.399 e. The summed E-state index contributed by atoms with van der Waals surface area (Å²) in [5, 5.41) is 0.394. The van der Waals surface area contributed by atoms with E-state index < -0.39 is 0 Å². The summed E-state index contributed by atoms with van der Waals surface area (Å²) in [5.41, 5.74) is 7.78. The SMILES string of the molecule is Nc1cc(Cl)cc(C(=O)c2cc3[nH]c(=O)[nH]c3cc2Br)c1. The summed E-state index contributed by atoms with van der Waals surface area (Å²) in [7, 11) is 0. The van der Waals surface area contributed by atoms with Crippen molar-refractivity contribution in [1.29, 1.82) is 0 Å². The Morgan fingerprint density at radius 2 is 1.76 bits per heavy atom.